The lowest BCUT2D eigenvalue weighted by atomic mass is 10.1. The lowest BCUT2D eigenvalue weighted by Crippen LogP contribution is -2.15. The number of aryl methyl sites for hydroxylation is 1. The van der Waals surface area contributed by atoms with Gasteiger partial charge in [0.05, 0.1) is 11.0 Å². The van der Waals surface area contributed by atoms with Crippen molar-refractivity contribution in [1.29, 1.82) is 0 Å². The number of hydrogen-bond donors (Lipinski definition) is 1. The molecule has 2 rings (SSSR count). The van der Waals surface area contributed by atoms with Gasteiger partial charge in [-0.1, -0.05) is 0 Å². The largest absolute Gasteiger partial charge is 0.309 e. The topological polar surface area (TPSA) is 24.9 Å². The minimum absolute atomic E-state index is 0.299. The smallest absolute Gasteiger partial charge is 0.0897 e. The Morgan fingerprint density at radius 3 is 2.86 bits per heavy atom. The number of hydrogen-bond acceptors (Lipinski definition) is 4. The molecule has 2 aromatic rings. The molecule has 0 bridgehead atoms. The van der Waals surface area contributed by atoms with Crippen LogP contribution in [0.4, 0.5) is 0 Å². The fraction of sp³-hybridized carbons (Fsp3) is 0.300. The zero-order chi connectivity index (χ0) is 9.97. The Kier molecular flexibility index (Phi) is 2.96. The Morgan fingerprint density at radius 2 is 2.36 bits per heavy atom. The molecule has 74 valence electrons. The normalized spacial score (nSPS) is 13.0. The molecule has 14 heavy (non-hydrogen) atoms. The zero-order valence-electron chi connectivity index (χ0n) is 8.15. The summed E-state index contributed by atoms with van der Waals surface area (Å²) in [6.45, 7) is 2.04. The maximum Gasteiger partial charge on any atom is 0.0897 e. The summed E-state index contributed by atoms with van der Waals surface area (Å²) in [6, 6.07) is 2.45. The molecule has 0 saturated carbocycles. The van der Waals surface area contributed by atoms with Crippen LogP contribution in [0.3, 0.4) is 0 Å². The molecule has 2 heterocycles. The van der Waals surface area contributed by atoms with Crippen molar-refractivity contribution >= 4 is 22.7 Å². The SMILES string of the molecule is CNC(c1ccsc1)c1cnc(C)s1. The third-order valence-electron chi connectivity index (χ3n) is 2.09. The highest BCUT2D eigenvalue weighted by Crippen LogP contribution is 2.27. The van der Waals surface area contributed by atoms with Crippen LogP contribution in [-0.4, -0.2) is 12.0 Å². The van der Waals surface area contributed by atoms with Crippen molar-refractivity contribution in [3.8, 4) is 0 Å². The van der Waals surface area contributed by atoms with E-state index >= 15 is 0 Å². The fourth-order valence-electron chi connectivity index (χ4n) is 1.42. The second kappa shape index (κ2) is 4.21. The number of nitrogens with one attached hydrogen (secondary N) is 1. The first kappa shape index (κ1) is 9.83. The van der Waals surface area contributed by atoms with E-state index in [1.165, 1.54) is 10.4 Å². The van der Waals surface area contributed by atoms with Gasteiger partial charge in [0, 0.05) is 11.1 Å². The maximum atomic E-state index is 4.28. The van der Waals surface area contributed by atoms with Crippen LogP contribution in [0.15, 0.2) is 23.0 Å². The molecule has 0 spiro atoms. The first-order chi connectivity index (χ1) is 6.81. The van der Waals surface area contributed by atoms with Gasteiger partial charge in [0.25, 0.3) is 0 Å². The first-order valence-corrected chi connectivity index (χ1v) is 6.19. The Balaban J connectivity index is 2.31. The van der Waals surface area contributed by atoms with Gasteiger partial charge in [-0.15, -0.1) is 11.3 Å². The molecular weight excluding hydrogens is 212 g/mol. The quantitative estimate of drug-likeness (QED) is 0.867. The van der Waals surface area contributed by atoms with Crippen molar-refractivity contribution in [2.24, 2.45) is 0 Å². The van der Waals surface area contributed by atoms with E-state index in [0.29, 0.717) is 6.04 Å². The number of nitrogens with zero attached hydrogens (tertiary/aromatic N) is 1. The number of thiophene rings is 1. The molecule has 1 atom stereocenters. The van der Waals surface area contributed by atoms with E-state index < -0.39 is 0 Å². The van der Waals surface area contributed by atoms with Crippen molar-refractivity contribution in [1.82, 2.24) is 10.3 Å². The fourth-order valence-corrected chi connectivity index (χ4v) is 3.03. The van der Waals surface area contributed by atoms with Gasteiger partial charge in [-0.25, -0.2) is 4.98 Å². The second-order valence-electron chi connectivity index (χ2n) is 3.06. The zero-order valence-corrected chi connectivity index (χ0v) is 9.78. The van der Waals surface area contributed by atoms with Crippen LogP contribution in [0.2, 0.25) is 0 Å². The van der Waals surface area contributed by atoms with Gasteiger partial charge in [0.1, 0.15) is 0 Å². The Morgan fingerprint density at radius 1 is 1.50 bits per heavy atom. The van der Waals surface area contributed by atoms with Gasteiger partial charge in [-0.3, -0.25) is 0 Å². The van der Waals surface area contributed by atoms with Gasteiger partial charge in [-0.05, 0) is 36.4 Å². The minimum Gasteiger partial charge on any atom is -0.309 e. The lowest BCUT2D eigenvalue weighted by Gasteiger charge is -2.11. The van der Waals surface area contributed by atoms with E-state index in [1.54, 1.807) is 22.7 Å². The van der Waals surface area contributed by atoms with Crippen LogP contribution < -0.4 is 5.32 Å². The molecule has 0 aromatic carbocycles. The monoisotopic (exact) mass is 224 g/mol. The third-order valence-corrected chi connectivity index (χ3v) is 3.77. The highest BCUT2D eigenvalue weighted by atomic mass is 32.1. The molecule has 1 N–H and O–H groups in total. The summed E-state index contributed by atoms with van der Waals surface area (Å²) in [5, 5.41) is 8.71. The van der Waals surface area contributed by atoms with E-state index in [4.69, 9.17) is 0 Å². The van der Waals surface area contributed by atoms with Crippen molar-refractivity contribution in [2.75, 3.05) is 7.05 Å². The molecule has 0 amide bonds. The lowest BCUT2D eigenvalue weighted by molar-refractivity contribution is 0.705. The van der Waals surface area contributed by atoms with Gasteiger partial charge >= 0.3 is 0 Å². The van der Waals surface area contributed by atoms with Gasteiger partial charge in [-0.2, -0.15) is 11.3 Å². The van der Waals surface area contributed by atoms with Crippen LogP contribution in [0.5, 0.6) is 0 Å². The van der Waals surface area contributed by atoms with Gasteiger partial charge in [0.15, 0.2) is 0 Å². The van der Waals surface area contributed by atoms with Crippen LogP contribution >= 0.6 is 22.7 Å². The van der Waals surface area contributed by atoms with Crippen LogP contribution in [-0.2, 0) is 0 Å². The second-order valence-corrected chi connectivity index (χ2v) is 5.11. The molecule has 1 unspecified atom stereocenters. The van der Waals surface area contributed by atoms with E-state index in [-0.39, 0.29) is 0 Å². The van der Waals surface area contributed by atoms with Crippen molar-refractivity contribution in [2.45, 2.75) is 13.0 Å². The van der Waals surface area contributed by atoms with Crippen LogP contribution in [0, 0.1) is 6.92 Å². The van der Waals surface area contributed by atoms with E-state index in [0.717, 1.165) is 5.01 Å². The molecule has 2 nitrogen and oxygen atoms in total. The number of aromatic nitrogens is 1. The maximum absolute atomic E-state index is 4.28. The predicted molar refractivity (Wildman–Crippen MR) is 62.1 cm³/mol. The third kappa shape index (κ3) is 1.87. The predicted octanol–water partition coefficient (Wildman–Crippen LogP) is 2.82. The van der Waals surface area contributed by atoms with Crippen LogP contribution in [0.1, 0.15) is 21.5 Å². The van der Waals surface area contributed by atoms with Crippen molar-refractivity contribution in [3.63, 3.8) is 0 Å². The molecule has 0 fully saturated rings. The Hall–Kier alpha value is -0.710. The summed E-state index contributed by atoms with van der Waals surface area (Å²) in [6.07, 6.45) is 1.96. The summed E-state index contributed by atoms with van der Waals surface area (Å²) in [5.41, 5.74) is 1.32. The summed E-state index contributed by atoms with van der Waals surface area (Å²) in [5.74, 6) is 0. The average Bonchev–Trinajstić information content (AvgIpc) is 2.79. The average molecular weight is 224 g/mol. The molecule has 2 aromatic heterocycles. The number of thiazole rings is 1. The standard InChI is InChI=1S/C10H12N2S2/c1-7-12-5-9(14-7)10(11-2)8-3-4-13-6-8/h3-6,10-11H,1-2H3. The summed E-state index contributed by atoms with van der Waals surface area (Å²) >= 11 is 3.48. The molecule has 0 aliphatic carbocycles. The van der Waals surface area contributed by atoms with Gasteiger partial charge in [0.2, 0.25) is 0 Å². The van der Waals surface area contributed by atoms with Crippen molar-refractivity contribution in [3.05, 3.63) is 38.5 Å². The molecule has 4 heteroatoms. The molecule has 0 aliphatic heterocycles. The molecular formula is C10H12N2S2. The van der Waals surface area contributed by atoms with Gasteiger partial charge < -0.3 is 5.32 Å². The molecule has 0 radical (unpaired) electrons. The Bertz CT molecular complexity index is 392. The molecule has 0 aliphatic rings. The Labute approximate surface area is 91.6 Å². The minimum atomic E-state index is 0.299. The summed E-state index contributed by atoms with van der Waals surface area (Å²) in [7, 11) is 1.98. The highest BCUT2D eigenvalue weighted by molar-refractivity contribution is 7.11. The van der Waals surface area contributed by atoms with E-state index in [9.17, 15) is 0 Å². The highest BCUT2D eigenvalue weighted by Gasteiger charge is 2.14. The first-order valence-electron chi connectivity index (χ1n) is 4.43. The van der Waals surface area contributed by atoms with E-state index in [1.807, 2.05) is 20.2 Å². The summed E-state index contributed by atoms with van der Waals surface area (Å²) < 4.78 is 0. The number of rotatable bonds is 3. The van der Waals surface area contributed by atoms with E-state index in [2.05, 4.69) is 27.1 Å². The molecule has 0 saturated heterocycles. The summed E-state index contributed by atoms with van der Waals surface area (Å²) in [4.78, 5) is 5.56. The van der Waals surface area contributed by atoms with Crippen molar-refractivity contribution < 1.29 is 0 Å². The van der Waals surface area contributed by atoms with Crippen LogP contribution in [0.25, 0.3) is 0 Å².